The van der Waals surface area contributed by atoms with Crippen LogP contribution in [0, 0.1) is 0 Å². The summed E-state index contributed by atoms with van der Waals surface area (Å²) < 4.78 is 0. The fraction of sp³-hybridized carbons (Fsp3) is 0.846. The fourth-order valence-corrected chi connectivity index (χ4v) is 1.53. The Morgan fingerprint density at radius 1 is 1.06 bits per heavy atom. The van der Waals surface area contributed by atoms with Crippen molar-refractivity contribution in [1.82, 2.24) is 5.32 Å². The van der Waals surface area contributed by atoms with E-state index in [1.165, 1.54) is 12.8 Å². The molecule has 1 amide bonds. The first-order valence-electron chi connectivity index (χ1n) is 6.43. The zero-order valence-electron chi connectivity index (χ0n) is 10.4. The molecule has 3 nitrogen and oxygen atoms in total. The minimum absolute atomic E-state index is 0.165. The molecule has 0 heterocycles. The van der Waals surface area contributed by atoms with E-state index in [1.807, 2.05) is 6.29 Å². The first kappa shape index (κ1) is 15.1. The van der Waals surface area contributed by atoms with Crippen molar-refractivity contribution in [3.63, 3.8) is 0 Å². The minimum Gasteiger partial charge on any atom is -0.356 e. The molecule has 0 unspecified atom stereocenters. The average Bonchev–Trinajstić information content (AvgIpc) is 2.29. The van der Waals surface area contributed by atoms with Crippen LogP contribution in [0.3, 0.4) is 0 Å². The second-order valence-electron chi connectivity index (χ2n) is 4.12. The second-order valence-corrected chi connectivity index (χ2v) is 4.12. The molecule has 0 aliphatic carbocycles. The predicted molar refractivity (Wildman–Crippen MR) is 65.9 cm³/mol. The van der Waals surface area contributed by atoms with Crippen LogP contribution in [0.2, 0.25) is 0 Å². The van der Waals surface area contributed by atoms with Crippen molar-refractivity contribution in [2.24, 2.45) is 0 Å². The number of hydrogen-bond donors (Lipinski definition) is 1. The van der Waals surface area contributed by atoms with Gasteiger partial charge in [0.1, 0.15) is 0 Å². The van der Waals surface area contributed by atoms with E-state index >= 15 is 0 Å². The maximum atomic E-state index is 11.3. The maximum Gasteiger partial charge on any atom is 0.219 e. The monoisotopic (exact) mass is 226 g/mol. The third kappa shape index (κ3) is 11.2. The van der Waals surface area contributed by atoms with Crippen LogP contribution in [0.25, 0.3) is 0 Å². The lowest BCUT2D eigenvalue weighted by atomic mass is 10.1. The normalized spacial score (nSPS) is 10.1. The Balaban J connectivity index is 3.14. The van der Waals surface area contributed by atoms with Crippen LogP contribution in [0.15, 0.2) is 0 Å². The summed E-state index contributed by atoms with van der Waals surface area (Å²) >= 11 is 0. The van der Waals surface area contributed by atoms with Crippen LogP contribution in [0.5, 0.6) is 0 Å². The molecule has 93 valence electrons. The van der Waals surface area contributed by atoms with E-state index < -0.39 is 0 Å². The van der Waals surface area contributed by atoms with Crippen LogP contribution >= 0.6 is 0 Å². The SMILES string of the molecule is CCCCCNC(=O)CCCCCC[C]=O. The van der Waals surface area contributed by atoms with Gasteiger partial charge in [-0.2, -0.15) is 0 Å². The highest BCUT2D eigenvalue weighted by Crippen LogP contribution is 2.04. The summed E-state index contributed by atoms with van der Waals surface area (Å²) in [6.45, 7) is 2.96. The summed E-state index contributed by atoms with van der Waals surface area (Å²) in [7, 11) is 0. The molecule has 0 spiro atoms. The molecule has 1 N–H and O–H groups in total. The highest BCUT2D eigenvalue weighted by Gasteiger charge is 1.99. The van der Waals surface area contributed by atoms with Gasteiger partial charge in [-0.15, -0.1) is 0 Å². The largest absolute Gasteiger partial charge is 0.356 e. The Morgan fingerprint density at radius 3 is 2.50 bits per heavy atom. The highest BCUT2D eigenvalue weighted by atomic mass is 16.1. The summed E-state index contributed by atoms with van der Waals surface area (Å²) in [6.07, 6.45) is 10.4. The lowest BCUT2D eigenvalue weighted by Crippen LogP contribution is -2.23. The van der Waals surface area contributed by atoms with Crippen LogP contribution in [-0.2, 0) is 9.59 Å². The van der Waals surface area contributed by atoms with Gasteiger partial charge in [-0.3, -0.25) is 9.59 Å². The first-order valence-corrected chi connectivity index (χ1v) is 6.43. The minimum atomic E-state index is 0.165. The Morgan fingerprint density at radius 2 is 1.81 bits per heavy atom. The molecule has 3 heteroatoms. The van der Waals surface area contributed by atoms with Gasteiger partial charge in [0.2, 0.25) is 5.91 Å². The number of carbonyl (C=O) groups is 1. The summed E-state index contributed by atoms with van der Waals surface area (Å²) in [6, 6.07) is 0. The van der Waals surface area contributed by atoms with Gasteiger partial charge in [0.15, 0.2) is 6.29 Å². The second kappa shape index (κ2) is 12.2. The molecular formula is C13H24NO2. The van der Waals surface area contributed by atoms with E-state index in [0.29, 0.717) is 12.8 Å². The first-order chi connectivity index (χ1) is 7.81. The van der Waals surface area contributed by atoms with Crippen molar-refractivity contribution < 1.29 is 9.59 Å². The van der Waals surface area contributed by atoms with E-state index in [0.717, 1.165) is 38.6 Å². The molecule has 0 aliphatic heterocycles. The van der Waals surface area contributed by atoms with Gasteiger partial charge >= 0.3 is 0 Å². The summed E-state index contributed by atoms with van der Waals surface area (Å²) in [5, 5.41) is 2.92. The van der Waals surface area contributed by atoms with Gasteiger partial charge in [-0.1, -0.05) is 32.6 Å². The van der Waals surface area contributed by atoms with Gasteiger partial charge in [0.05, 0.1) is 0 Å². The van der Waals surface area contributed by atoms with Crippen molar-refractivity contribution in [1.29, 1.82) is 0 Å². The molecule has 0 aromatic rings. The van der Waals surface area contributed by atoms with Crippen molar-refractivity contribution in [3.8, 4) is 0 Å². The van der Waals surface area contributed by atoms with Crippen molar-refractivity contribution >= 4 is 12.2 Å². The van der Waals surface area contributed by atoms with Crippen molar-refractivity contribution in [3.05, 3.63) is 0 Å². The zero-order valence-corrected chi connectivity index (χ0v) is 10.4. The Kier molecular flexibility index (Phi) is 11.6. The molecule has 0 saturated carbocycles. The standard InChI is InChI=1S/C13H24NO2/c1-2-3-8-11-14-13(16)10-7-5-4-6-9-12-15/h2-11H2,1H3,(H,14,16). The van der Waals surface area contributed by atoms with Crippen LogP contribution in [0.4, 0.5) is 0 Å². The van der Waals surface area contributed by atoms with Crippen molar-refractivity contribution in [2.45, 2.75) is 64.7 Å². The summed E-state index contributed by atoms with van der Waals surface area (Å²) in [4.78, 5) is 21.2. The molecule has 0 atom stereocenters. The molecule has 16 heavy (non-hydrogen) atoms. The van der Waals surface area contributed by atoms with E-state index in [1.54, 1.807) is 0 Å². The van der Waals surface area contributed by atoms with Gasteiger partial charge in [0, 0.05) is 19.4 Å². The zero-order chi connectivity index (χ0) is 12.1. The Bertz CT molecular complexity index is 181. The number of nitrogens with one attached hydrogen (secondary N) is 1. The summed E-state index contributed by atoms with van der Waals surface area (Å²) in [5.41, 5.74) is 0. The average molecular weight is 226 g/mol. The fourth-order valence-electron chi connectivity index (χ4n) is 1.53. The van der Waals surface area contributed by atoms with Gasteiger partial charge in [-0.05, 0) is 19.3 Å². The van der Waals surface area contributed by atoms with Crippen molar-refractivity contribution in [2.75, 3.05) is 6.54 Å². The number of carbonyl (C=O) groups excluding carboxylic acids is 2. The molecule has 0 saturated heterocycles. The lowest BCUT2D eigenvalue weighted by molar-refractivity contribution is -0.121. The number of rotatable bonds is 11. The van der Waals surface area contributed by atoms with Crippen LogP contribution < -0.4 is 5.32 Å². The molecule has 1 radical (unpaired) electrons. The predicted octanol–water partition coefficient (Wildman–Crippen LogP) is 2.74. The van der Waals surface area contributed by atoms with E-state index in [2.05, 4.69) is 12.2 Å². The topological polar surface area (TPSA) is 46.2 Å². The van der Waals surface area contributed by atoms with E-state index in [4.69, 9.17) is 0 Å². The number of unbranched alkanes of at least 4 members (excludes halogenated alkanes) is 6. The smallest absolute Gasteiger partial charge is 0.219 e. The van der Waals surface area contributed by atoms with Crippen LogP contribution in [-0.4, -0.2) is 18.7 Å². The van der Waals surface area contributed by atoms with E-state index in [-0.39, 0.29) is 5.91 Å². The molecule has 0 aromatic heterocycles. The lowest BCUT2D eigenvalue weighted by Gasteiger charge is -2.04. The van der Waals surface area contributed by atoms with E-state index in [9.17, 15) is 9.59 Å². The number of amides is 1. The Hall–Kier alpha value is -0.860. The third-order valence-electron chi connectivity index (χ3n) is 2.54. The maximum absolute atomic E-state index is 11.3. The molecule has 0 rings (SSSR count). The molecule has 0 fully saturated rings. The molecule has 0 aliphatic rings. The molecular weight excluding hydrogens is 202 g/mol. The highest BCUT2D eigenvalue weighted by molar-refractivity contribution is 5.75. The third-order valence-corrected chi connectivity index (χ3v) is 2.54. The number of hydrogen-bond acceptors (Lipinski definition) is 2. The van der Waals surface area contributed by atoms with Gasteiger partial charge in [0.25, 0.3) is 0 Å². The van der Waals surface area contributed by atoms with Crippen LogP contribution in [0.1, 0.15) is 64.7 Å². The van der Waals surface area contributed by atoms with Gasteiger partial charge in [-0.25, -0.2) is 0 Å². The molecule has 0 aromatic carbocycles. The molecule has 0 bridgehead atoms. The van der Waals surface area contributed by atoms with Gasteiger partial charge < -0.3 is 5.32 Å². The quantitative estimate of drug-likeness (QED) is 0.551. The summed E-state index contributed by atoms with van der Waals surface area (Å²) in [5.74, 6) is 0.165. The Labute approximate surface area is 99.0 Å².